The van der Waals surface area contributed by atoms with Gasteiger partial charge in [-0.2, -0.15) is 5.26 Å². The van der Waals surface area contributed by atoms with Crippen LogP contribution in [-0.2, 0) is 0 Å². The molecule has 0 fully saturated rings. The lowest BCUT2D eigenvalue weighted by Gasteiger charge is -1.96. The molecule has 3 heteroatoms. The van der Waals surface area contributed by atoms with Gasteiger partial charge in [0.1, 0.15) is 0 Å². The maximum Gasteiger partial charge on any atom is 0.0663 e. The average Bonchev–Trinajstić information content (AvgIpc) is 2.12. The summed E-state index contributed by atoms with van der Waals surface area (Å²) in [5.41, 5.74) is 0.949. The number of rotatable bonds is 2. The molecule has 0 aliphatic rings. The van der Waals surface area contributed by atoms with Crippen LogP contribution in [0.2, 0.25) is 10.0 Å². The Morgan fingerprint density at radius 2 is 2.08 bits per heavy atom. The second kappa shape index (κ2) is 4.91. The highest BCUT2D eigenvalue weighted by molar-refractivity contribution is 6.42. The number of allylic oxidation sites excluding steroid dienone is 1. The Kier molecular flexibility index (Phi) is 3.82. The molecule has 66 valence electrons. The van der Waals surface area contributed by atoms with E-state index in [2.05, 4.69) is 0 Å². The largest absolute Gasteiger partial charge is 0.198 e. The number of halogens is 2. The highest BCUT2D eigenvalue weighted by atomic mass is 35.5. The molecule has 13 heavy (non-hydrogen) atoms. The van der Waals surface area contributed by atoms with E-state index < -0.39 is 0 Å². The fourth-order valence-electron chi connectivity index (χ4n) is 0.864. The summed E-state index contributed by atoms with van der Waals surface area (Å²) in [5, 5.41) is 9.36. The van der Waals surface area contributed by atoms with E-state index >= 15 is 0 Å². The van der Waals surface area contributed by atoms with Gasteiger partial charge in [-0.05, 0) is 17.7 Å². The minimum absolute atomic E-state index is 0.403. The van der Waals surface area contributed by atoms with E-state index in [0.717, 1.165) is 5.56 Å². The number of benzene rings is 1. The number of hydrogen-bond donors (Lipinski definition) is 0. The lowest BCUT2D eigenvalue weighted by atomic mass is 10.2. The van der Waals surface area contributed by atoms with Gasteiger partial charge in [-0.1, -0.05) is 41.4 Å². The van der Waals surface area contributed by atoms with Gasteiger partial charge in [0.15, 0.2) is 0 Å². The molecule has 0 unspecified atom stereocenters. The van der Waals surface area contributed by atoms with Gasteiger partial charge in [-0.15, -0.1) is 0 Å². The summed E-state index contributed by atoms with van der Waals surface area (Å²) in [6, 6.07) is 7.36. The molecular weight excluding hydrogens is 205 g/mol. The van der Waals surface area contributed by atoms with Crippen LogP contribution in [0, 0.1) is 11.3 Å². The van der Waals surface area contributed by atoms with Gasteiger partial charge in [0, 0.05) is 0 Å². The van der Waals surface area contributed by atoms with Gasteiger partial charge in [0.05, 0.1) is 22.5 Å². The quantitative estimate of drug-likeness (QED) is 0.728. The lowest BCUT2D eigenvalue weighted by Crippen LogP contribution is -1.73. The third kappa shape index (κ3) is 3.10. The number of nitriles is 1. The van der Waals surface area contributed by atoms with E-state index in [1.165, 1.54) is 0 Å². The Labute approximate surface area is 87.2 Å². The summed E-state index contributed by atoms with van der Waals surface area (Å²) in [6.45, 7) is 0. The third-order valence-corrected chi connectivity index (χ3v) is 2.20. The Bertz CT molecular complexity index is 364. The summed E-state index contributed by atoms with van der Waals surface area (Å²) < 4.78 is 0. The monoisotopic (exact) mass is 211 g/mol. The second-order valence-corrected chi connectivity index (χ2v) is 3.25. The molecule has 0 aromatic heterocycles. The third-order valence-electron chi connectivity index (χ3n) is 1.46. The van der Waals surface area contributed by atoms with Crippen LogP contribution in [0.5, 0.6) is 0 Å². The van der Waals surface area contributed by atoms with E-state index in [0.29, 0.717) is 16.5 Å². The summed E-state index contributed by atoms with van der Waals surface area (Å²) in [6.07, 6.45) is 4.02. The van der Waals surface area contributed by atoms with Gasteiger partial charge in [0.2, 0.25) is 0 Å². The maximum atomic E-state index is 8.29. The summed E-state index contributed by atoms with van der Waals surface area (Å²) >= 11 is 11.5. The van der Waals surface area contributed by atoms with Gasteiger partial charge in [-0.25, -0.2) is 0 Å². The Morgan fingerprint density at radius 1 is 1.31 bits per heavy atom. The average molecular weight is 212 g/mol. The molecule has 0 saturated carbocycles. The van der Waals surface area contributed by atoms with Crippen molar-refractivity contribution in [2.24, 2.45) is 0 Å². The van der Waals surface area contributed by atoms with E-state index in [9.17, 15) is 0 Å². The summed E-state index contributed by atoms with van der Waals surface area (Å²) in [5.74, 6) is 0. The molecule has 0 heterocycles. The first kappa shape index (κ1) is 10.1. The van der Waals surface area contributed by atoms with Gasteiger partial charge < -0.3 is 0 Å². The zero-order valence-electron chi connectivity index (χ0n) is 6.80. The molecule has 0 N–H and O–H groups in total. The molecule has 1 aromatic rings. The highest BCUT2D eigenvalue weighted by Crippen LogP contribution is 2.23. The topological polar surface area (TPSA) is 23.8 Å². The molecule has 0 amide bonds. The smallest absolute Gasteiger partial charge is 0.0663 e. The maximum absolute atomic E-state index is 8.29. The summed E-state index contributed by atoms with van der Waals surface area (Å²) in [7, 11) is 0. The predicted octanol–water partition coefficient (Wildman–Crippen LogP) is 3.92. The van der Waals surface area contributed by atoms with E-state index in [-0.39, 0.29) is 0 Å². The van der Waals surface area contributed by atoms with Gasteiger partial charge in [-0.3, -0.25) is 0 Å². The van der Waals surface area contributed by atoms with Crippen molar-refractivity contribution in [3.8, 4) is 6.07 Å². The van der Waals surface area contributed by atoms with Gasteiger partial charge >= 0.3 is 0 Å². The molecule has 0 aliphatic heterocycles. The minimum Gasteiger partial charge on any atom is -0.198 e. The van der Waals surface area contributed by atoms with Crippen LogP contribution in [0.3, 0.4) is 0 Å². The molecule has 0 saturated heterocycles. The van der Waals surface area contributed by atoms with Crippen molar-refractivity contribution >= 4 is 29.3 Å². The lowest BCUT2D eigenvalue weighted by molar-refractivity contribution is 1.36. The number of nitrogens with zero attached hydrogens (tertiary/aromatic N) is 1. The normalized spacial score (nSPS) is 10.2. The van der Waals surface area contributed by atoms with Crippen molar-refractivity contribution in [1.82, 2.24) is 0 Å². The van der Waals surface area contributed by atoms with Crippen molar-refractivity contribution in [2.75, 3.05) is 0 Å². The SMILES string of the molecule is N#CCC=Cc1ccc(Cl)c(Cl)c1. The second-order valence-electron chi connectivity index (χ2n) is 2.44. The van der Waals surface area contributed by atoms with Crippen LogP contribution < -0.4 is 0 Å². The molecule has 0 aliphatic carbocycles. The van der Waals surface area contributed by atoms with Crippen molar-refractivity contribution in [2.45, 2.75) is 6.42 Å². The van der Waals surface area contributed by atoms with Gasteiger partial charge in [0.25, 0.3) is 0 Å². The molecule has 0 bridgehead atoms. The first-order valence-corrected chi connectivity index (χ1v) is 4.48. The van der Waals surface area contributed by atoms with Crippen molar-refractivity contribution in [1.29, 1.82) is 5.26 Å². The highest BCUT2D eigenvalue weighted by Gasteiger charge is 1.95. The van der Waals surface area contributed by atoms with Crippen LogP contribution in [0.4, 0.5) is 0 Å². The fraction of sp³-hybridized carbons (Fsp3) is 0.100. The fourth-order valence-corrected chi connectivity index (χ4v) is 1.17. The van der Waals surface area contributed by atoms with Crippen LogP contribution in [0.25, 0.3) is 6.08 Å². The molecule has 0 spiro atoms. The molecule has 1 rings (SSSR count). The van der Waals surface area contributed by atoms with E-state index in [1.54, 1.807) is 18.2 Å². The number of hydrogen-bond acceptors (Lipinski definition) is 1. The summed E-state index contributed by atoms with van der Waals surface area (Å²) in [4.78, 5) is 0. The van der Waals surface area contributed by atoms with Crippen LogP contribution >= 0.6 is 23.2 Å². The van der Waals surface area contributed by atoms with Crippen LogP contribution in [-0.4, -0.2) is 0 Å². The molecular formula is C10H7Cl2N. The first-order valence-electron chi connectivity index (χ1n) is 3.72. The van der Waals surface area contributed by atoms with Crippen molar-refractivity contribution in [3.63, 3.8) is 0 Å². The first-order chi connectivity index (χ1) is 6.24. The zero-order valence-corrected chi connectivity index (χ0v) is 8.31. The Balaban J connectivity index is 2.81. The van der Waals surface area contributed by atoms with Crippen molar-refractivity contribution in [3.05, 3.63) is 39.9 Å². The standard InChI is InChI=1S/C10H7Cl2N/c11-9-5-4-8(7-10(9)12)3-1-2-6-13/h1,3-5,7H,2H2. The van der Waals surface area contributed by atoms with Crippen molar-refractivity contribution < 1.29 is 0 Å². The van der Waals surface area contributed by atoms with Crippen LogP contribution in [0.15, 0.2) is 24.3 Å². The van der Waals surface area contributed by atoms with Crippen LogP contribution in [0.1, 0.15) is 12.0 Å². The molecule has 1 aromatic carbocycles. The minimum atomic E-state index is 0.403. The predicted molar refractivity (Wildman–Crippen MR) is 55.7 cm³/mol. The Hall–Kier alpha value is -0.970. The zero-order chi connectivity index (χ0) is 9.68. The molecule has 1 nitrogen and oxygen atoms in total. The van der Waals surface area contributed by atoms with E-state index in [4.69, 9.17) is 28.5 Å². The molecule has 0 atom stereocenters. The Morgan fingerprint density at radius 3 is 2.69 bits per heavy atom. The molecule has 0 radical (unpaired) electrons. The van der Waals surface area contributed by atoms with E-state index in [1.807, 2.05) is 18.2 Å².